The van der Waals surface area contributed by atoms with Gasteiger partial charge in [-0.1, -0.05) is 11.2 Å². The third-order valence-electron chi connectivity index (χ3n) is 5.75. The fourth-order valence-electron chi connectivity index (χ4n) is 3.91. The zero-order valence-electron chi connectivity index (χ0n) is 18.8. The Morgan fingerprint density at radius 1 is 1.31 bits per heavy atom. The minimum atomic E-state index is -4.67. The van der Waals surface area contributed by atoms with E-state index >= 15 is 0 Å². The maximum Gasteiger partial charge on any atom is 0.433 e. The lowest BCUT2D eigenvalue weighted by atomic mass is 9.83. The monoisotopic (exact) mass is 495 g/mol. The Labute approximate surface area is 198 Å². The summed E-state index contributed by atoms with van der Waals surface area (Å²) in [6, 6.07) is 3.17. The summed E-state index contributed by atoms with van der Waals surface area (Å²) >= 11 is 0. The molecule has 0 radical (unpaired) electrons. The third-order valence-corrected chi connectivity index (χ3v) is 5.75. The fraction of sp³-hybridized carbons (Fsp3) is 0.524. The third kappa shape index (κ3) is 6.49. The van der Waals surface area contributed by atoms with Crippen LogP contribution in [0.4, 0.5) is 18.0 Å². The number of carboxylic acid groups (broad SMARTS) is 1. The van der Waals surface area contributed by atoms with E-state index in [-0.39, 0.29) is 43.4 Å². The van der Waals surface area contributed by atoms with Gasteiger partial charge in [0, 0.05) is 48.3 Å². The summed E-state index contributed by atoms with van der Waals surface area (Å²) in [5.41, 5.74) is 6.47. The van der Waals surface area contributed by atoms with Gasteiger partial charge in [0.1, 0.15) is 23.7 Å². The highest BCUT2D eigenvalue weighted by Gasteiger charge is 2.37. The first-order chi connectivity index (χ1) is 16.5. The van der Waals surface area contributed by atoms with Crippen molar-refractivity contribution in [2.24, 2.45) is 5.11 Å². The van der Waals surface area contributed by atoms with Crippen molar-refractivity contribution in [3.05, 3.63) is 57.6 Å². The lowest BCUT2D eigenvalue weighted by molar-refractivity contribution is -0.141. The zero-order chi connectivity index (χ0) is 25.6. The van der Waals surface area contributed by atoms with Crippen LogP contribution < -0.4 is 4.74 Å². The molecule has 2 aromatic rings. The summed E-state index contributed by atoms with van der Waals surface area (Å²) in [5, 5.41) is 24.3. The molecule has 1 fully saturated rings. The number of halogens is 3. The van der Waals surface area contributed by atoms with Gasteiger partial charge in [-0.25, -0.2) is 19.7 Å². The van der Waals surface area contributed by atoms with E-state index in [1.165, 1.54) is 17.2 Å². The number of pyridine rings is 1. The number of aliphatic hydroxyl groups is 1. The van der Waals surface area contributed by atoms with Crippen LogP contribution in [0.25, 0.3) is 10.4 Å². The van der Waals surface area contributed by atoms with E-state index in [9.17, 15) is 28.2 Å². The minimum absolute atomic E-state index is 0.122. The lowest BCUT2D eigenvalue weighted by Gasteiger charge is -2.34. The molecule has 0 saturated carbocycles. The van der Waals surface area contributed by atoms with Crippen molar-refractivity contribution in [1.29, 1.82) is 0 Å². The summed E-state index contributed by atoms with van der Waals surface area (Å²) in [6.45, 7) is 1.60. The van der Waals surface area contributed by atoms with E-state index in [1.807, 2.05) is 0 Å². The number of likely N-dealkylation sites (tertiary alicyclic amines) is 1. The molecule has 0 aliphatic carbocycles. The Morgan fingerprint density at radius 3 is 2.66 bits per heavy atom. The second-order valence-electron chi connectivity index (χ2n) is 8.14. The standard InChI is InChI=1S/C21H24F3N7O4/c1-13-26-11-15(18(28-13)14-5-9-31(10-6-14)19(32)33)20(34,7-8-27-30-25)12-35-17-4-2-3-16(29-17)21(22,23)24/h2-4,11,14,34H,5-10,12H2,1H3,(H,32,33). The number of aryl methyl sites for hydroxylation is 1. The molecular weight excluding hydrogens is 471 g/mol. The van der Waals surface area contributed by atoms with Gasteiger partial charge in [-0.15, -0.1) is 0 Å². The predicted molar refractivity (Wildman–Crippen MR) is 116 cm³/mol. The van der Waals surface area contributed by atoms with Gasteiger partial charge in [-0.05, 0) is 37.8 Å². The number of nitrogens with zero attached hydrogens (tertiary/aromatic N) is 7. The van der Waals surface area contributed by atoms with Gasteiger partial charge in [0.25, 0.3) is 0 Å². The highest BCUT2D eigenvalue weighted by Crippen LogP contribution is 2.36. The molecule has 2 N–H and O–H groups in total. The van der Waals surface area contributed by atoms with Crippen molar-refractivity contribution in [1.82, 2.24) is 19.9 Å². The normalized spacial score (nSPS) is 16.3. The second kappa shape index (κ2) is 10.7. The number of piperidine rings is 1. The van der Waals surface area contributed by atoms with E-state index in [0.717, 1.165) is 12.1 Å². The molecule has 2 aromatic heterocycles. The SMILES string of the molecule is Cc1ncc(C(O)(CCN=[N+]=[N-])COc2cccc(C(F)(F)F)n2)c(C2CCN(C(=O)O)CC2)n1. The molecule has 14 heteroatoms. The van der Waals surface area contributed by atoms with Crippen molar-refractivity contribution >= 4 is 6.09 Å². The van der Waals surface area contributed by atoms with Crippen molar-refractivity contribution in [2.75, 3.05) is 26.2 Å². The van der Waals surface area contributed by atoms with Gasteiger partial charge in [-0.2, -0.15) is 13.2 Å². The van der Waals surface area contributed by atoms with Crippen molar-refractivity contribution < 1.29 is 32.9 Å². The highest BCUT2D eigenvalue weighted by molar-refractivity contribution is 5.65. The first-order valence-electron chi connectivity index (χ1n) is 10.8. The molecule has 35 heavy (non-hydrogen) atoms. The smallest absolute Gasteiger partial charge is 0.433 e. The molecule has 3 heterocycles. The largest absolute Gasteiger partial charge is 0.474 e. The Morgan fingerprint density at radius 2 is 2.03 bits per heavy atom. The molecule has 0 bridgehead atoms. The first-order valence-corrected chi connectivity index (χ1v) is 10.8. The average Bonchev–Trinajstić information content (AvgIpc) is 2.82. The van der Waals surface area contributed by atoms with Gasteiger partial charge in [0.2, 0.25) is 5.88 Å². The van der Waals surface area contributed by atoms with E-state index in [0.29, 0.717) is 24.4 Å². The Bertz CT molecular complexity index is 1100. The molecule has 1 unspecified atom stereocenters. The van der Waals surface area contributed by atoms with E-state index in [2.05, 4.69) is 25.0 Å². The number of hydrogen-bond donors (Lipinski definition) is 2. The maximum absolute atomic E-state index is 13.0. The zero-order valence-corrected chi connectivity index (χ0v) is 18.8. The van der Waals surface area contributed by atoms with Crippen molar-refractivity contribution in [2.45, 2.75) is 43.9 Å². The lowest BCUT2D eigenvalue weighted by Crippen LogP contribution is -2.39. The number of alkyl halides is 3. The van der Waals surface area contributed by atoms with E-state index < -0.39 is 30.2 Å². The molecule has 1 atom stereocenters. The second-order valence-corrected chi connectivity index (χ2v) is 8.14. The topological polar surface area (TPSA) is 157 Å². The predicted octanol–water partition coefficient (Wildman–Crippen LogP) is 4.02. The number of ether oxygens (including phenoxy) is 1. The molecule has 11 nitrogen and oxygen atoms in total. The molecule has 1 saturated heterocycles. The molecule has 3 rings (SSSR count). The molecule has 188 valence electrons. The van der Waals surface area contributed by atoms with Gasteiger partial charge < -0.3 is 19.8 Å². The molecule has 1 aliphatic heterocycles. The number of amides is 1. The summed E-state index contributed by atoms with van der Waals surface area (Å²) in [7, 11) is 0. The van der Waals surface area contributed by atoms with Crippen LogP contribution in [0.2, 0.25) is 0 Å². The van der Waals surface area contributed by atoms with Crippen LogP contribution in [0.3, 0.4) is 0 Å². The molecule has 0 spiro atoms. The fourth-order valence-corrected chi connectivity index (χ4v) is 3.91. The van der Waals surface area contributed by atoms with E-state index in [1.54, 1.807) is 6.92 Å². The molecular formula is C21H24F3N7O4. The Balaban J connectivity index is 1.92. The summed E-state index contributed by atoms with van der Waals surface area (Å²) in [4.78, 5) is 27.4. The molecule has 0 aromatic carbocycles. The Kier molecular flexibility index (Phi) is 7.97. The van der Waals surface area contributed by atoms with Gasteiger partial charge in [0.15, 0.2) is 0 Å². The maximum atomic E-state index is 13.0. The van der Waals surface area contributed by atoms with Gasteiger partial charge in [0.05, 0.1) is 5.69 Å². The van der Waals surface area contributed by atoms with Crippen LogP contribution in [0.1, 0.15) is 48.0 Å². The van der Waals surface area contributed by atoms with Crippen LogP contribution in [-0.4, -0.2) is 62.4 Å². The van der Waals surface area contributed by atoms with Crippen LogP contribution in [0.15, 0.2) is 29.5 Å². The number of azide groups is 1. The van der Waals surface area contributed by atoms with Crippen LogP contribution in [0.5, 0.6) is 5.88 Å². The number of rotatable bonds is 8. The summed E-state index contributed by atoms with van der Waals surface area (Å²) in [6.07, 6.45) is -3.48. The summed E-state index contributed by atoms with van der Waals surface area (Å²) in [5.74, 6) is -0.103. The van der Waals surface area contributed by atoms with Crippen molar-refractivity contribution in [3.63, 3.8) is 0 Å². The highest BCUT2D eigenvalue weighted by atomic mass is 19.4. The number of hydrogen-bond acceptors (Lipinski definition) is 7. The molecule has 1 aliphatic rings. The van der Waals surface area contributed by atoms with Gasteiger partial charge >= 0.3 is 12.3 Å². The van der Waals surface area contributed by atoms with E-state index in [4.69, 9.17) is 10.3 Å². The first kappa shape index (κ1) is 26.0. The quantitative estimate of drug-likeness (QED) is 0.318. The molecule has 1 amide bonds. The number of aromatic nitrogens is 3. The van der Waals surface area contributed by atoms with Gasteiger partial charge in [-0.3, -0.25) is 0 Å². The Hall–Kier alpha value is -3.64. The summed E-state index contributed by atoms with van der Waals surface area (Å²) < 4.78 is 44.5. The average molecular weight is 495 g/mol. The van der Waals surface area contributed by atoms with Crippen LogP contribution in [0, 0.1) is 6.92 Å². The van der Waals surface area contributed by atoms with Crippen molar-refractivity contribution in [3.8, 4) is 5.88 Å². The minimum Gasteiger partial charge on any atom is -0.474 e. The van der Waals surface area contributed by atoms with Crippen LogP contribution in [-0.2, 0) is 11.8 Å². The van der Waals surface area contributed by atoms with Crippen LogP contribution >= 0.6 is 0 Å². The number of carbonyl (C=O) groups is 1.